The molecule has 3 aliphatic rings. The van der Waals surface area contributed by atoms with Crippen molar-refractivity contribution in [3.63, 3.8) is 0 Å². The van der Waals surface area contributed by atoms with E-state index in [9.17, 15) is 9.59 Å². The number of amides is 1. The maximum atomic E-state index is 12.1. The molecule has 2 N–H and O–H groups in total. The van der Waals surface area contributed by atoms with Crippen molar-refractivity contribution < 1.29 is 14.7 Å². The highest BCUT2D eigenvalue weighted by molar-refractivity contribution is 5.93. The van der Waals surface area contributed by atoms with E-state index in [4.69, 9.17) is 5.11 Å². The Labute approximate surface area is 130 Å². The molecule has 1 unspecified atom stereocenters. The van der Waals surface area contributed by atoms with Crippen LogP contribution in [0.2, 0.25) is 0 Å². The standard InChI is InChI=1S/C17H22N2O3/c20-16(18-15-3-1-2-13(10-15)17(21)22)5-4-14-11-19-8-6-12(14)7-9-19/h1-3,10,12,14H,4-9,11H2,(H,18,20)(H,21,22). The minimum atomic E-state index is -0.983. The number of anilines is 1. The molecule has 2 bridgehead atoms. The summed E-state index contributed by atoms with van der Waals surface area (Å²) in [6.07, 6.45) is 3.97. The van der Waals surface area contributed by atoms with Gasteiger partial charge in [0, 0.05) is 18.7 Å². The van der Waals surface area contributed by atoms with Gasteiger partial charge in [0.1, 0.15) is 0 Å². The lowest BCUT2D eigenvalue weighted by atomic mass is 9.77. The summed E-state index contributed by atoms with van der Waals surface area (Å²) < 4.78 is 0. The van der Waals surface area contributed by atoms with Crippen molar-refractivity contribution >= 4 is 17.6 Å². The second-order valence-electron chi connectivity index (χ2n) is 6.37. The Kier molecular flexibility index (Phi) is 4.43. The molecule has 3 heterocycles. The van der Waals surface area contributed by atoms with E-state index in [1.807, 2.05) is 0 Å². The molecule has 0 aliphatic carbocycles. The molecule has 3 fully saturated rings. The molecule has 1 aromatic carbocycles. The summed E-state index contributed by atoms with van der Waals surface area (Å²) >= 11 is 0. The first kappa shape index (κ1) is 15.0. The number of carbonyl (C=O) groups is 2. The number of hydrogen-bond acceptors (Lipinski definition) is 3. The Hall–Kier alpha value is -1.88. The summed E-state index contributed by atoms with van der Waals surface area (Å²) in [5, 5.41) is 11.8. The number of fused-ring (bicyclic) bond motifs is 3. The lowest BCUT2D eigenvalue weighted by Crippen LogP contribution is -2.47. The van der Waals surface area contributed by atoms with Crippen LogP contribution >= 0.6 is 0 Å². The highest BCUT2D eigenvalue weighted by Crippen LogP contribution is 2.34. The first-order chi connectivity index (χ1) is 10.6. The van der Waals surface area contributed by atoms with Crippen molar-refractivity contribution in [3.05, 3.63) is 29.8 Å². The normalized spacial score (nSPS) is 26.6. The molecule has 0 aromatic heterocycles. The molecule has 5 nitrogen and oxygen atoms in total. The van der Waals surface area contributed by atoms with Gasteiger partial charge in [-0.15, -0.1) is 0 Å². The Balaban J connectivity index is 1.50. The fraction of sp³-hybridized carbons (Fsp3) is 0.529. The van der Waals surface area contributed by atoms with Crippen molar-refractivity contribution in [3.8, 4) is 0 Å². The van der Waals surface area contributed by atoms with Crippen molar-refractivity contribution in [2.75, 3.05) is 25.0 Å². The van der Waals surface area contributed by atoms with Crippen molar-refractivity contribution in [1.29, 1.82) is 0 Å². The summed E-state index contributed by atoms with van der Waals surface area (Å²) in [4.78, 5) is 25.5. The number of carbonyl (C=O) groups excluding carboxylic acids is 1. The molecule has 5 heteroatoms. The lowest BCUT2D eigenvalue weighted by Gasteiger charge is -2.44. The summed E-state index contributed by atoms with van der Waals surface area (Å²) in [5.41, 5.74) is 0.744. The molecule has 0 saturated carbocycles. The van der Waals surface area contributed by atoms with Crippen LogP contribution in [0, 0.1) is 11.8 Å². The van der Waals surface area contributed by atoms with Gasteiger partial charge in [-0.2, -0.15) is 0 Å². The monoisotopic (exact) mass is 302 g/mol. The fourth-order valence-electron chi connectivity index (χ4n) is 3.68. The Morgan fingerprint density at radius 2 is 2.05 bits per heavy atom. The van der Waals surface area contributed by atoms with Gasteiger partial charge in [0.25, 0.3) is 0 Å². The van der Waals surface area contributed by atoms with E-state index >= 15 is 0 Å². The van der Waals surface area contributed by atoms with Gasteiger partial charge >= 0.3 is 5.97 Å². The molecule has 1 amide bonds. The molecule has 3 saturated heterocycles. The third-order valence-corrected chi connectivity index (χ3v) is 4.93. The van der Waals surface area contributed by atoms with E-state index in [0.717, 1.165) is 18.9 Å². The van der Waals surface area contributed by atoms with E-state index in [1.54, 1.807) is 12.1 Å². The Morgan fingerprint density at radius 1 is 1.27 bits per heavy atom. The van der Waals surface area contributed by atoms with Crippen LogP contribution in [0.25, 0.3) is 0 Å². The number of rotatable bonds is 5. The van der Waals surface area contributed by atoms with Crippen LogP contribution in [0.15, 0.2) is 24.3 Å². The number of nitrogens with zero attached hydrogens (tertiary/aromatic N) is 1. The predicted molar refractivity (Wildman–Crippen MR) is 83.9 cm³/mol. The van der Waals surface area contributed by atoms with Crippen molar-refractivity contribution in [1.82, 2.24) is 4.90 Å². The summed E-state index contributed by atoms with van der Waals surface area (Å²) in [6, 6.07) is 6.38. The second kappa shape index (κ2) is 6.48. The summed E-state index contributed by atoms with van der Waals surface area (Å²) in [5.74, 6) is 0.411. The van der Waals surface area contributed by atoms with Crippen LogP contribution in [0.1, 0.15) is 36.0 Å². The van der Waals surface area contributed by atoms with Gasteiger partial charge in [0.2, 0.25) is 5.91 Å². The highest BCUT2D eigenvalue weighted by atomic mass is 16.4. The molecule has 1 aromatic rings. The molecule has 4 rings (SSSR count). The molecule has 118 valence electrons. The Bertz CT molecular complexity index is 565. The molecule has 3 aliphatic heterocycles. The fourth-order valence-corrected chi connectivity index (χ4v) is 3.68. The average Bonchev–Trinajstić information content (AvgIpc) is 2.54. The summed E-state index contributed by atoms with van der Waals surface area (Å²) in [6.45, 7) is 3.57. The molecular formula is C17H22N2O3. The number of hydrogen-bond donors (Lipinski definition) is 2. The van der Waals surface area contributed by atoms with Gasteiger partial charge in [-0.05, 0) is 62.4 Å². The zero-order valence-corrected chi connectivity index (χ0v) is 12.6. The molecule has 0 spiro atoms. The molecule has 1 atom stereocenters. The van der Waals surface area contributed by atoms with Gasteiger partial charge in [-0.25, -0.2) is 4.79 Å². The second-order valence-corrected chi connectivity index (χ2v) is 6.37. The first-order valence-corrected chi connectivity index (χ1v) is 7.97. The van der Waals surface area contributed by atoms with Gasteiger partial charge in [0.05, 0.1) is 5.56 Å². The van der Waals surface area contributed by atoms with E-state index in [2.05, 4.69) is 10.2 Å². The average molecular weight is 302 g/mol. The maximum absolute atomic E-state index is 12.1. The SMILES string of the molecule is O=C(CCC1CN2CCC1CC2)Nc1cccc(C(=O)O)c1. The quantitative estimate of drug-likeness (QED) is 0.876. The van der Waals surface area contributed by atoms with Crippen LogP contribution in [-0.2, 0) is 4.79 Å². The first-order valence-electron chi connectivity index (χ1n) is 7.97. The third kappa shape index (κ3) is 3.47. The number of aromatic carboxylic acids is 1. The molecular weight excluding hydrogens is 280 g/mol. The third-order valence-electron chi connectivity index (χ3n) is 4.93. The lowest BCUT2D eigenvalue weighted by molar-refractivity contribution is -0.116. The minimum absolute atomic E-state index is 0.0287. The number of benzene rings is 1. The van der Waals surface area contributed by atoms with E-state index in [0.29, 0.717) is 18.0 Å². The number of piperidine rings is 3. The predicted octanol–water partition coefficient (Wildman–Crippen LogP) is 2.45. The van der Waals surface area contributed by atoms with Gasteiger partial charge in [-0.3, -0.25) is 4.79 Å². The number of carboxylic acids is 1. The maximum Gasteiger partial charge on any atom is 0.335 e. The van der Waals surface area contributed by atoms with E-state index in [-0.39, 0.29) is 11.5 Å². The van der Waals surface area contributed by atoms with E-state index in [1.165, 1.54) is 38.1 Å². The van der Waals surface area contributed by atoms with Crippen LogP contribution in [-0.4, -0.2) is 41.5 Å². The number of carboxylic acid groups (broad SMARTS) is 1. The van der Waals surface area contributed by atoms with Crippen molar-refractivity contribution in [2.45, 2.75) is 25.7 Å². The largest absolute Gasteiger partial charge is 0.478 e. The van der Waals surface area contributed by atoms with E-state index < -0.39 is 5.97 Å². The highest BCUT2D eigenvalue weighted by Gasteiger charge is 2.33. The molecule has 0 radical (unpaired) electrons. The zero-order valence-electron chi connectivity index (χ0n) is 12.6. The topological polar surface area (TPSA) is 69.6 Å². The summed E-state index contributed by atoms with van der Waals surface area (Å²) in [7, 11) is 0. The number of nitrogens with one attached hydrogen (secondary N) is 1. The smallest absolute Gasteiger partial charge is 0.335 e. The van der Waals surface area contributed by atoms with Crippen LogP contribution < -0.4 is 5.32 Å². The zero-order chi connectivity index (χ0) is 15.5. The van der Waals surface area contributed by atoms with Crippen molar-refractivity contribution in [2.24, 2.45) is 11.8 Å². The van der Waals surface area contributed by atoms with Gasteiger partial charge in [0.15, 0.2) is 0 Å². The van der Waals surface area contributed by atoms with Gasteiger partial charge < -0.3 is 15.3 Å². The van der Waals surface area contributed by atoms with Crippen LogP contribution in [0.4, 0.5) is 5.69 Å². The molecule has 22 heavy (non-hydrogen) atoms. The van der Waals surface area contributed by atoms with Crippen LogP contribution in [0.3, 0.4) is 0 Å². The van der Waals surface area contributed by atoms with Gasteiger partial charge in [-0.1, -0.05) is 6.07 Å². The minimum Gasteiger partial charge on any atom is -0.478 e. The van der Waals surface area contributed by atoms with Crippen LogP contribution in [0.5, 0.6) is 0 Å². The Morgan fingerprint density at radius 3 is 2.68 bits per heavy atom.